The van der Waals surface area contributed by atoms with E-state index in [4.69, 9.17) is 7.85 Å². The van der Waals surface area contributed by atoms with Gasteiger partial charge in [0.15, 0.2) is 0 Å². The molecule has 3 radical (unpaired) electrons. The molecule has 0 aliphatic heterocycles. The van der Waals surface area contributed by atoms with E-state index in [1.165, 1.54) is 0 Å². The fourth-order valence-corrected chi connectivity index (χ4v) is 0.453. The zero-order valence-electron chi connectivity index (χ0n) is 4.96. The predicted octanol–water partition coefficient (Wildman–Crippen LogP) is -2.52. The minimum Gasteiger partial charge on any atom is -0.580 e. The molecule has 0 spiro atoms. The van der Waals surface area contributed by atoms with E-state index in [-0.39, 0.29) is 51.4 Å². The van der Waals surface area contributed by atoms with Crippen molar-refractivity contribution in [2.75, 3.05) is 0 Å². The summed E-state index contributed by atoms with van der Waals surface area (Å²) in [4.78, 5) is 0. The smallest absolute Gasteiger partial charge is 0.580 e. The third-order valence-electron chi connectivity index (χ3n) is 0.800. The molecule has 8 heavy (non-hydrogen) atoms. The van der Waals surface area contributed by atoms with E-state index in [0.717, 1.165) is 5.46 Å². The standard InChI is InChI=1S/C6H5B.K/c7-6-4-2-1-3-5-6;/h1-5H;/q-1;+1. The van der Waals surface area contributed by atoms with E-state index in [0.29, 0.717) is 0 Å². The molecule has 0 aliphatic carbocycles. The van der Waals surface area contributed by atoms with Gasteiger partial charge in [-0.3, -0.25) is 0 Å². The largest absolute Gasteiger partial charge is 1.00 e. The van der Waals surface area contributed by atoms with Crippen molar-refractivity contribution in [2.24, 2.45) is 0 Å². The van der Waals surface area contributed by atoms with Gasteiger partial charge in [-0.25, -0.2) is 0 Å². The minimum atomic E-state index is 0. The fraction of sp³-hybridized carbons (Fsp3) is 0. The van der Waals surface area contributed by atoms with Gasteiger partial charge in [0.25, 0.3) is 0 Å². The van der Waals surface area contributed by atoms with E-state index >= 15 is 0 Å². The van der Waals surface area contributed by atoms with E-state index in [1.54, 1.807) is 0 Å². The van der Waals surface area contributed by atoms with Crippen LogP contribution in [0.3, 0.4) is 0 Å². The second-order valence-electron chi connectivity index (χ2n) is 1.41. The van der Waals surface area contributed by atoms with Crippen LogP contribution in [0, 0.1) is 0 Å². The van der Waals surface area contributed by atoms with Gasteiger partial charge in [-0.05, 0) is 0 Å². The molecule has 0 heterocycles. The molecule has 0 amide bonds. The first-order valence-electron chi connectivity index (χ1n) is 2.20. The van der Waals surface area contributed by atoms with Crippen molar-refractivity contribution in [1.82, 2.24) is 0 Å². The van der Waals surface area contributed by atoms with Gasteiger partial charge in [0.2, 0.25) is 0 Å². The average molecular weight is 127 g/mol. The van der Waals surface area contributed by atoms with Gasteiger partial charge in [-0.15, -0.1) is 12.1 Å². The van der Waals surface area contributed by atoms with Gasteiger partial charge >= 0.3 is 51.4 Å². The number of rotatable bonds is 0. The summed E-state index contributed by atoms with van der Waals surface area (Å²) in [5.41, 5.74) is 0.822. The van der Waals surface area contributed by atoms with Crippen molar-refractivity contribution in [3.63, 3.8) is 0 Å². The monoisotopic (exact) mass is 127 g/mol. The molecule has 1 aromatic rings. The summed E-state index contributed by atoms with van der Waals surface area (Å²) in [6.45, 7) is 0. The van der Waals surface area contributed by atoms with Crippen LogP contribution >= 0.6 is 0 Å². The van der Waals surface area contributed by atoms with E-state index in [2.05, 4.69) is 0 Å². The molecule has 0 aromatic heterocycles. The first kappa shape index (κ1) is 8.92. The fourth-order valence-electron chi connectivity index (χ4n) is 0.453. The topological polar surface area (TPSA) is 0 Å². The SMILES string of the molecule is [B-]c1ccccc1.[K+]. The summed E-state index contributed by atoms with van der Waals surface area (Å²) in [6.07, 6.45) is 0. The molecular weight excluding hydrogens is 122 g/mol. The summed E-state index contributed by atoms with van der Waals surface area (Å²) in [5, 5.41) is 0. The zero-order chi connectivity index (χ0) is 5.11. The van der Waals surface area contributed by atoms with Crippen molar-refractivity contribution in [3.05, 3.63) is 30.3 Å². The van der Waals surface area contributed by atoms with Crippen LogP contribution < -0.4 is 56.8 Å². The maximum atomic E-state index is 5.36. The van der Waals surface area contributed by atoms with Gasteiger partial charge in [0.05, 0.1) is 0 Å². The van der Waals surface area contributed by atoms with Crippen molar-refractivity contribution >= 4 is 13.3 Å². The Morgan fingerprint density at radius 1 is 1.00 bits per heavy atom. The zero-order valence-corrected chi connectivity index (χ0v) is 8.09. The second kappa shape index (κ2) is 4.77. The molecule has 0 bridgehead atoms. The summed E-state index contributed by atoms with van der Waals surface area (Å²) < 4.78 is 0. The second-order valence-corrected chi connectivity index (χ2v) is 1.41. The van der Waals surface area contributed by atoms with Crippen molar-refractivity contribution in [1.29, 1.82) is 0 Å². The van der Waals surface area contributed by atoms with Gasteiger partial charge < -0.3 is 13.3 Å². The Labute approximate surface area is 93.5 Å². The molecule has 0 atom stereocenters. The van der Waals surface area contributed by atoms with Gasteiger partial charge in [0, 0.05) is 0 Å². The molecule has 0 saturated carbocycles. The Morgan fingerprint density at radius 2 is 1.50 bits per heavy atom. The molecular formula is C6H5BK. The van der Waals surface area contributed by atoms with Crippen molar-refractivity contribution in [2.45, 2.75) is 0 Å². The first-order chi connectivity index (χ1) is 3.39. The molecule has 0 unspecified atom stereocenters. The molecule has 0 saturated heterocycles. The first-order valence-corrected chi connectivity index (χ1v) is 2.20. The molecule has 33 valence electrons. The summed E-state index contributed by atoms with van der Waals surface area (Å²) >= 11 is 0. The van der Waals surface area contributed by atoms with E-state index in [1.807, 2.05) is 30.3 Å². The Bertz CT molecular complexity index is 138. The Hall–Kier alpha value is 0.921. The molecule has 0 N–H and O–H groups in total. The van der Waals surface area contributed by atoms with Gasteiger partial charge in [0.1, 0.15) is 0 Å². The molecule has 1 rings (SSSR count). The van der Waals surface area contributed by atoms with Gasteiger partial charge in [-0.1, -0.05) is 18.2 Å². The Kier molecular flexibility index (Phi) is 5.32. The third kappa shape index (κ3) is 3.05. The van der Waals surface area contributed by atoms with Crippen LogP contribution in [-0.2, 0) is 0 Å². The number of benzene rings is 1. The van der Waals surface area contributed by atoms with E-state index in [9.17, 15) is 0 Å². The number of hydrogen-bond acceptors (Lipinski definition) is 0. The maximum Gasteiger partial charge on any atom is 1.00 e. The Balaban J connectivity index is 0.000000490. The Morgan fingerprint density at radius 3 is 1.75 bits per heavy atom. The molecule has 2 heteroatoms. The van der Waals surface area contributed by atoms with Crippen molar-refractivity contribution < 1.29 is 51.4 Å². The van der Waals surface area contributed by atoms with Crippen LogP contribution in [-0.4, -0.2) is 7.85 Å². The van der Waals surface area contributed by atoms with Crippen LogP contribution in [0.25, 0.3) is 0 Å². The maximum absolute atomic E-state index is 5.36. The van der Waals surface area contributed by atoms with Crippen LogP contribution in [0.5, 0.6) is 0 Å². The summed E-state index contributed by atoms with van der Waals surface area (Å²) in [5.74, 6) is 0. The van der Waals surface area contributed by atoms with E-state index < -0.39 is 0 Å². The normalized spacial score (nSPS) is 7.62. The molecule has 0 aliphatic rings. The average Bonchev–Trinajstić information content (AvgIpc) is 1.69. The summed E-state index contributed by atoms with van der Waals surface area (Å²) in [6, 6.07) is 9.49. The quantitative estimate of drug-likeness (QED) is 0.337. The predicted molar refractivity (Wildman–Crippen MR) is 31.8 cm³/mol. The molecule has 0 nitrogen and oxygen atoms in total. The van der Waals surface area contributed by atoms with Crippen LogP contribution in [0.15, 0.2) is 30.3 Å². The van der Waals surface area contributed by atoms with Crippen LogP contribution in [0.4, 0.5) is 0 Å². The van der Waals surface area contributed by atoms with Crippen molar-refractivity contribution in [3.8, 4) is 0 Å². The van der Waals surface area contributed by atoms with Crippen LogP contribution in [0.2, 0.25) is 0 Å². The van der Waals surface area contributed by atoms with Gasteiger partial charge in [-0.2, -0.15) is 0 Å². The number of hydrogen-bond donors (Lipinski definition) is 0. The minimum absolute atomic E-state index is 0. The molecule has 0 fully saturated rings. The van der Waals surface area contributed by atoms with Crippen LogP contribution in [0.1, 0.15) is 0 Å². The molecule has 1 aromatic carbocycles. The summed E-state index contributed by atoms with van der Waals surface area (Å²) in [7, 11) is 5.36. The third-order valence-corrected chi connectivity index (χ3v) is 0.800.